The summed E-state index contributed by atoms with van der Waals surface area (Å²) in [6.07, 6.45) is 3.79. The number of likely N-dealkylation sites (tertiary alicyclic amines) is 1. The zero-order valence-corrected chi connectivity index (χ0v) is 45.2. The molecule has 6 atom stereocenters. The van der Waals surface area contributed by atoms with Crippen LogP contribution in [0, 0.1) is 18.2 Å². The third-order valence-electron chi connectivity index (χ3n) is 15.5. The second kappa shape index (κ2) is 22.4. The number of carbonyl (C=O) groups is 6. The fourth-order valence-electron chi connectivity index (χ4n) is 11.9. The number of aliphatic hydroxyl groups excluding tert-OH is 1. The van der Waals surface area contributed by atoms with Crippen molar-refractivity contribution in [3.05, 3.63) is 134 Å². The van der Waals surface area contributed by atoms with Crippen LogP contribution in [0.3, 0.4) is 0 Å². The first-order valence-electron chi connectivity index (χ1n) is 25.9. The van der Waals surface area contributed by atoms with Crippen LogP contribution in [0.5, 0.6) is 0 Å². The van der Waals surface area contributed by atoms with Gasteiger partial charge in [-0.25, -0.2) is 9.37 Å². The minimum atomic E-state index is -1.39. The Hall–Kier alpha value is -6.24. The van der Waals surface area contributed by atoms with Crippen molar-refractivity contribution in [1.82, 2.24) is 31.2 Å². The van der Waals surface area contributed by atoms with Crippen molar-refractivity contribution in [1.29, 1.82) is 0 Å². The van der Waals surface area contributed by atoms with E-state index in [-0.39, 0.29) is 60.8 Å². The number of anilines is 2. The minimum Gasteiger partial charge on any atom is -0.391 e. The van der Waals surface area contributed by atoms with Gasteiger partial charge in [0.25, 0.3) is 5.91 Å². The highest BCUT2D eigenvalue weighted by Gasteiger charge is 2.72. The van der Waals surface area contributed by atoms with Gasteiger partial charge in [-0.1, -0.05) is 106 Å². The van der Waals surface area contributed by atoms with Gasteiger partial charge in [-0.2, -0.15) is 0 Å². The number of unbranched alkanes of at least 4 members (excludes halogenated alkanes) is 1. The molecule has 3 fully saturated rings. The van der Waals surface area contributed by atoms with Crippen LogP contribution < -0.4 is 31.9 Å². The number of aliphatic hydroxyl groups is 1. The number of amides is 6. The lowest BCUT2D eigenvalue weighted by molar-refractivity contribution is -0.144. The summed E-state index contributed by atoms with van der Waals surface area (Å²) in [5.74, 6) is -4.12. The molecule has 9 rings (SSSR count). The second-order valence-corrected chi connectivity index (χ2v) is 23.3. The maximum absolute atomic E-state index is 16.3. The van der Waals surface area contributed by atoms with Gasteiger partial charge in [-0.3, -0.25) is 34.1 Å². The smallest absolute Gasteiger partial charge is 0.251 e. The molecular weight excluding hydrogens is 1030 g/mol. The number of carbonyl (C=O) groups excluding carboxylic acids is 6. The third kappa shape index (κ3) is 10.7. The first-order chi connectivity index (χ1) is 36.3. The van der Waals surface area contributed by atoms with Gasteiger partial charge < -0.3 is 36.6 Å². The largest absolute Gasteiger partial charge is 0.391 e. The van der Waals surface area contributed by atoms with Crippen LogP contribution in [0.25, 0.3) is 10.4 Å². The Balaban J connectivity index is 0.780. The summed E-state index contributed by atoms with van der Waals surface area (Å²) in [4.78, 5) is 90.3. The lowest BCUT2D eigenvalue weighted by Gasteiger charge is -2.47. The van der Waals surface area contributed by atoms with E-state index in [1.807, 2.05) is 52.0 Å². The first-order valence-corrected chi connectivity index (χ1v) is 27.5. The van der Waals surface area contributed by atoms with Gasteiger partial charge in [-0.05, 0) is 103 Å². The van der Waals surface area contributed by atoms with E-state index in [9.17, 15) is 33.9 Å². The van der Waals surface area contributed by atoms with Crippen LogP contribution in [0.1, 0.15) is 117 Å². The highest BCUT2D eigenvalue weighted by Crippen LogP contribution is 2.63. The molecule has 4 aromatic carbocycles. The molecule has 1 unspecified atom stereocenters. The number of aryl methyl sites for hydroxylation is 1. The van der Waals surface area contributed by atoms with Crippen molar-refractivity contribution < 1.29 is 38.3 Å². The van der Waals surface area contributed by atoms with Crippen molar-refractivity contribution in [2.24, 2.45) is 5.41 Å². The quantitative estimate of drug-likeness (QED) is 0.0500. The van der Waals surface area contributed by atoms with E-state index >= 15 is 4.39 Å². The van der Waals surface area contributed by atoms with E-state index in [2.05, 4.69) is 36.9 Å². The molecule has 6 amide bonds. The Morgan fingerprint density at radius 3 is 2.37 bits per heavy atom. The molecule has 15 nitrogen and oxygen atoms in total. The predicted molar refractivity (Wildman–Crippen MR) is 292 cm³/mol. The minimum absolute atomic E-state index is 0.0420. The van der Waals surface area contributed by atoms with Crippen LogP contribution in [0.4, 0.5) is 15.8 Å². The average molecular weight is 1090 g/mol. The first kappa shape index (κ1) is 54.5. The number of thiazole rings is 1. The number of nitrogens with one attached hydrogen (secondary N) is 6. The van der Waals surface area contributed by atoms with Gasteiger partial charge in [-0.15, -0.1) is 11.3 Å². The van der Waals surface area contributed by atoms with Crippen LogP contribution in [-0.4, -0.2) is 93.3 Å². The number of aromatic nitrogens is 1. The molecule has 4 heterocycles. The number of halogens is 3. The molecule has 0 bridgehead atoms. The fraction of sp³-hybridized carbons (Fsp3) is 0.421. The molecule has 5 aromatic rings. The predicted octanol–water partition coefficient (Wildman–Crippen LogP) is 8.56. The Morgan fingerprint density at radius 2 is 1.67 bits per heavy atom. The molecule has 19 heteroatoms. The summed E-state index contributed by atoms with van der Waals surface area (Å²) < 4.78 is 16.3. The molecular formula is C57H63Cl2FN8O7S. The molecule has 1 aromatic heterocycles. The van der Waals surface area contributed by atoms with Crippen molar-refractivity contribution in [3.63, 3.8) is 0 Å². The van der Waals surface area contributed by atoms with Gasteiger partial charge in [0.05, 0.1) is 33.3 Å². The van der Waals surface area contributed by atoms with Gasteiger partial charge >= 0.3 is 0 Å². The number of β-amino-alcohol motifs (C(OH)–C–C–N with tert-alkyl or cyclic N) is 1. The summed E-state index contributed by atoms with van der Waals surface area (Å²) in [6, 6.07) is 21.0. The molecule has 2 saturated heterocycles. The molecule has 4 aliphatic rings. The Morgan fingerprint density at radius 1 is 0.934 bits per heavy atom. The molecule has 3 aliphatic heterocycles. The van der Waals surface area contributed by atoms with Gasteiger partial charge in [0.15, 0.2) is 0 Å². The number of rotatable bonds is 15. The van der Waals surface area contributed by atoms with Crippen molar-refractivity contribution >= 4 is 81.4 Å². The monoisotopic (exact) mass is 1090 g/mol. The molecule has 76 heavy (non-hydrogen) atoms. The van der Waals surface area contributed by atoms with E-state index in [1.54, 1.807) is 71.4 Å². The molecule has 2 spiro atoms. The van der Waals surface area contributed by atoms with Gasteiger partial charge in [0, 0.05) is 65.9 Å². The average Bonchev–Trinajstić information content (AvgIpc) is 4.35. The summed E-state index contributed by atoms with van der Waals surface area (Å²) in [5, 5.41) is 29.2. The third-order valence-corrected chi connectivity index (χ3v) is 17.1. The van der Waals surface area contributed by atoms with Gasteiger partial charge in [0.1, 0.15) is 23.3 Å². The molecule has 400 valence electrons. The fourth-order valence-corrected chi connectivity index (χ4v) is 13.0. The number of benzene rings is 4. The van der Waals surface area contributed by atoms with E-state index in [0.29, 0.717) is 53.2 Å². The lowest BCUT2D eigenvalue weighted by Crippen LogP contribution is -2.60. The normalized spacial score (nSPS) is 22.0. The second-order valence-electron chi connectivity index (χ2n) is 21.6. The van der Waals surface area contributed by atoms with Crippen molar-refractivity contribution in [2.75, 3.05) is 23.7 Å². The Kier molecular flexibility index (Phi) is 16.1. The summed E-state index contributed by atoms with van der Waals surface area (Å²) in [6.45, 7) is 7.88. The van der Waals surface area contributed by atoms with Gasteiger partial charge in [0.2, 0.25) is 29.5 Å². The number of hydrogen-bond donors (Lipinski definition) is 7. The van der Waals surface area contributed by atoms with E-state index in [4.69, 9.17) is 23.2 Å². The number of nitrogens with zero attached hydrogens (tertiary/aromatic N) is 2. The lowest BCUT2D eigenvalue weighted by atomic mass is 9.55. The van der Waals surface area contributed by atoms with Crippen molar-refractivity contribution in [3.8, 4) is 10.4 Å². The topological polar surface area (TPSA) is 211 Å². The maximum Gasteiger partial charge on any atom is 0.251 e. The molecule has 1 saturated carbocycles. The van der Waals surface area contributed by atoms with Crippen LogP contribution in [-0.2, 0) is 35.9 Å². The summed E-state index contributed by atoms with van der Waals surface area (Å²) >= 11 is 14.4. The summed E-state index contributed by atoms with van der Waals surface area (Å²) in [5.41, 5.74) is 3.65. The molecule has 7 N–H and O–H groups in total. The molecule has 1 aliphatic carbocycles. The number of hydrogen-bond acceptors (Lipinski definition) is 10. The van der Waals surface area contributed by atoms with E-state index in [0.717, 1.165) is 41.0 Å². The highest BCUT2D eigenvalue weighted by molar-refractivity contribution is 7.13. The van der Waals surface area contributed by atoms with E-state index < -0.39 is 70.1 Å². The number of fused-ring (bicyclic) bond motifs is 3. The standard InChI is InChI=1S/C57H63Cl2FN8O7S/c1-32-48(76-31-63-32)34-16-14-33(15-17-34)29-62-51(72)43-28-38(69)30-68(43)53(74)49(55(2,3)4)66-44(70)13-6-9-26-61-50(71)35-18-21-37(22-19-35)64-52(73)47-45(39-11-10-12-41(59)46(39)60)57(56(67-47)24-7-5-8-25-56)40-23-20-36(58)27-42(40)65-54(57)75/h10-12,14-23,27,31,38,43,45,47,49,67,69H,5-9,13,24-26,28-30H2,1-4H3,(H,61,71)(H,62,72)(H,64,73)(H,65,75)(H,66,70)/t38-,43+,45+,47-,49?,57-/m1/s1. The SMILES string of the molecule is Cc1ncsc1-c1ccc(CNC(=O)[C@@H]2C[C@@H](O)CN2C(=O)C(NC(=O)CCCCNC(=O)c2ccc(NC(=O)[C@@H]3NC4(CCCCC4)[C@@]4(C(=O)Nc5cc(Cl)ccc54)[C@H]3c3cccc(Cl)c3F)cc2)C(C)(C)C)cc1. The van der Waals surface area contributed by atoms with E-state index in [1.165, 1.54) is 11.0 Å². The van der Waals surface area contributed by atoms with Crippen molar-refractivity contribution in [2.45, 2.75) is 133 Å². The zero-order valence-electron chi connectivity index (χ0n) is 42.9. The summed E-state index contributed by atoms with van der Waals surface area (Å²) in [7, 11) is 0. The zero-order chi connectivity index (χ0) is 54.1. The van der Waals surface area contributed by atoms with Crippen LogP contribution in [0.2, 0.25) is 10.0 Å². The Labute approximate surface area is 455 Å². The molecule has 0 radical (unpaired) electrons. The highest BCUT2D eigenvalue weighted by atomic mass is 35.5. The van der Waals surface area contributed by atoms with Crippen LogP contribution >= 0.6 is 34.5 Å². The Bertz CT molecular complexity index is 3030. The van der Waals surface area contributed by atoms with Crippen LogP contribution in [0.15, 0.2) is 90.4 Å². The maximum atomic E-state index is 16.3.